The van der Waals surface area contributed by atoms with Gasteiger partial charge in [0.05, 0.1) is 0 Å². The molecule has 4 nitrogen and oxygen atoms in total. The van der Waals surface area contributed by atoms with Crippen molar-refractivity contribution in [1.82, 2.24) is 5.32 Å². The quantitative estimate of drug-likeness (QED) is 0.717. The summed E-state index contributed by atoms with van der Waals surface area (Å²) in [5.41, 5.74) is 0. The average Bonchev–Trinajstić information content (AvgIpc) is 2.16. The number of thioether (sulfide) groups is 1. The molecular weight excluding hydrogens is 226 g/mol. The molecule has 0 aliphatic carbocycles. The number of carboxylic acid groups (broad SMARTS) is 1. The molecular formula is C11H21NO3S. The van der Waals surface area contributed by atoms with Gasteiger partial charge in [0.2, 0.25) is 5.91 Å². The molecule has 0 saturated heterocycles. The van der Waals surface area contributed by atoms with E-state index in [4.69, 9.17) is 5.11 Å². The van der Waals surface area contributed by atoms with Crippen LogP contribution in [0, 0.1) is 11.8 Å². The number of carbonyl (C=O) groups excluding carboxylic acids is 1. The number of hydrogen-bond acceptors (Lipinski definition) is 3. The van der Waals surface area contributed by atoms with Gasteiger partial charge in [-0.25, -0.2) is 4.79 Å². The Morgan fingerprint density at radius 2 is 1.88 bits per heavy atom. The summed E-state index contributed by atoms with van der Waals surface area (Å²) < 4.78 is 0. The average molecular weight is 247 g/mol. The van der Waals surface area contributed by atoms with Crippen LogP contribution in [0.1, 0.15) is 27.2 Å². The summed E-state index contributed by atoms with van der Waals surface area (Å²) in [5, 5.41) is 11.5. The lowest BCUT2D eigenvalue weighted by Gasteiger charge is -2.18. The van der Waals surface area contributed by atoms with Crippen LogP contribution in [0.5, 0.6) is 0 Å². The molecule has 0 fully saturated rings. The lowest BCUT2D eigenvalue weighted by atomic mass is 10.0. The topological polar surface area (TPSA) is 66.4 Å². The van der Waals surface area contributed by atoms with Crippen molar-refractivity contribution in [1.29, 1.82) is 0 Å². The molecule has 0 heterocycles. The predicted molar refractivity (Wildman–Crippen MR) is 66.6 cm³/mol. The third-order valence-electron chi connectivity index (χ3n) is 2.19. The minimum Gasteiger partial charge on any atom is -0.480 e. The van der Waals surface area contributed by atoms with Gasteiger partial charge < -0.3 is 10.4 Å². The maximum absolute atomic E-state index is 11.6. The first kappa shape index (κ1) is 15.3. The fourth-order valence-electron chi connectivity index (χ4n) is 1.33. The van der Waals surface area contributed by atoms with Crippen molar-refractivity contribution in [2.75, 3.05) is 12.0 Å². The SMILES string of the molecule is CSCC(C)C(=O)NC(CC(C)C)C(=O)O. The van der Waals surface area contributed by atoms with Crippen LogP contribution in [0.3, 0.4) is 0 Å². The van der Waals surface area contributed by atoms with E-state index in [0.29, 0.717) is 12.2 Å². The Morgan fingerprint density at radius 3 is 2.25 bits per heavy atom. The Bertz CT molecular complexity index is 243. The van der Waals surface area contributed by atoms with E-state index in [1.54, 1.807) is 18.7 Å². The normalized spacial score (nSPS) is 14.6. The van der Waals surface area contributed by atoms with Crippen LogP contribution in [0.15, 0.2) is 0 Å². The van der Waals surface area contributed by atoms with Crippen molar-refractivity contribution in [2.24, 2.45) is 11.8 Å². The van der Waals surface area contributed by atoms with Gasteiger partial charge in [0.25, 0.3) is 0 Å². The molecule has 2 atom stereocenters. The van der Waals surface area contributed by atoms with Crippen LogP contribution in [-0.2, 0) is 9.59 Å². The minimum atomic E-state index is -0.960. The molecule has 0 aliphatic rings. The van der Waals surface area contributed by atoms with E-state index in [9.17, 15) is 9.59 Å². The van der Waals surface area contributed by atoms with E-state index < -0.39 is 12.0 Å². The highest BCUT2D eigenvalue weighted by atomic mass is 32.2. The van der Waals surface area contributed by atoms with Gasteiger partial charge >= 0.3 is 5.97 Å². The maximum Gasteiger partial charge on any atom is 0.326 e. The molecule has 0 spiro atoms. The zero-order chi connectivity index (χ0) is 12.7. The Labute approximate surface area is 101 Å². The molecule has 0 aromatic heterocycles. The third kappa shape index (κ3) is 6.00. The van der Waals surface area contributed by atoms with Gasteiger partial charge in [-0.1, -0.05) is 20.8 Å². The lowest BCUT2D eigenvalue weighted by Crippen LogP contribution is -2.44. The van der Waals surface area contributed by atoms with Crippen LogP contribution in [0.2, 0.25) is 0 Å². The molecule has 2 unspecified atom stereocenters. The van der Waals surface area contributed by atoms with Crippen LogP contribution >= 0.6 is 11.8 Å². The van der Waals surface area contributed by atoms with E-state index in [1.807, 2.05) is 20.1 Å². The zero-order valence-electron chi connectivity index (χ0n) is 10.3. The number of nitrogens with one attached hydrogen (secondary N) is 1. The molecule has 0 aliphatic heterocycles. The molecule has 0 saturated carbocycles. The predicted octanol–water partition coefficient (Wildman–Crippen LogP) is 1.60. The van der Waals surface area contributed by atoms with E-state index >= 15 is 0 Å². The zero-order valence-corrected chi connectivity index (χ0v) is 11.1. The van der Waals surface area contributed by atoms with Crippen molar-refractivity contribution in [3.63, 3.8) is 0 Å². The molecule has 1 amide bonds. The second-order valence-corrected chi connectivity index (χ2v) is 5.30. The van der Waals surface area contributed by atoms with Gasteiger partial charge in [0, 0.05) is 11.7 Å². The summed E-state index contributed by atoms with van der Waals surface area (Å²) in [5.74, 6) is -0.332. The van der Waals surface area contributed by atoms with E-state index in [-0.39, 0.29) is 17.7 Å². The fourth-order valence-corrected chi connectivity index (χ4v) is 1.98. The number of carboxylic acids is 1. The number of rotatable bonds is 7. The molecule has 16 heavy (non-hydrogen) atoms. The first-order valence-corrected chi connectivity index (χ1v) is 6.80. The van der Waals surface area contributed by atoms with E-state index in [0.717, 1.165) is 0 Å². The van der Waals surface area contributed by atoms with Gasteiger partial charge in [-0.2, -0.15) is 11.8 Å². The number of aliphatic carboxylic acids is 1. The monoisotopic (exact) mass is 247 g/mol. The molecule has 5 heteroatoms. The maximum atomic E-state index is 11.6. The van der Waals surface area contributed by atoms with Crippen molar-refractivity contribution in [3.8, 4) is 0 Å². The number of carbonyl (C=O) groups is 2. The standard InChI is InChI=1S/C11H21NO3S/c1-7(2)5-9(11(14)15)12-10(13)8(3)6-16-4/h7-9H,5-6H2,1-4H3,(H,12,13)(H,14,15). The highest BCUT2D eigenvalue weighted by molar-refractivity contribution is 7.98. The minimum absolute atomic E-state index is 0.149. The van der Waals surface area contributed by atoms with E-state index in [2.05, 4.69) is 5.32 Å². The van der Waals surface area contributed by atoms with Crippen molar-refractivity contribution < 1.29 is 14.7 Å². The van der Waals surface area contributed by atoms with Crippen LogP contribution in [0.4, 0.5) is 0 Å². The fraction of sp³-hybridized carbons (Fsp3) is 0.818. The summed E-state index contributed by atoms with van der Waals surface area (Å²) in [6.07, 6.45) is 2.39. The largest absolute Gasteiger partial charge is 0.480 e. The van der Waals surface area contributed by atoms with E-state index in [1.165, 1.54) is 0 Å². The molecule has 0 aromatic rings. The van der Waals surface area contributed by atoms with Crippen molar-refractivity contribution in [3.05, 3.63) is 0 Å². The Hall–Kier alpha value is -0.710. The van der Waals surface area contributed by atoms with Gasteiger partial charge in [0.1, 0.15) is 6.04 Å². The van der Waals surface area contributed by atoms with Gasteiger partial charge in [-0.05, 0) is 18.6 Å². The molecule has 0 aromatic carbocycles. The summed E-state index contributed by atoms with van der Waals surface area (Å²) in [6.45, 7) is 5.68. The van der Waals surface area contributed by atoms with Crippen molar-refractivity contribution in [2.45, 2.75) is 33.2 Å². The highest BCUT2D eigenvalue weighted by Gasteiger charge is 2.23. The Kier molecular flexibility index (Phi) is 7.21. The first-order valence-electron chi connectivity index (χ1n) is 5.40. The summed E-state index contributed by atoms with van der Waals surface area (Å²) in [7, 11) is 0. The molecule has 0 rings (SSSR count). The summed E-state index contributed by atoms with van der Waals surface area (Å²) in [6, 6.07) is -0.767. The van der Waals surface area contributed by atoms with Gasteiger partial charge in [0.15, 0.2) is 0 Å². The second-order valence-electron chi connectivity index (χ2n) is 4.39. The summed E-state index contributed by atoms with van der Waals surface area (Å²) in [4.78, 5) is 22.6. The lowest BCUT2D eigenvalue weighted by molar-refractivity contribution is -0.142. The smallest absolute Gasteiger partial charge is 0.326 e. The van der Waals surface area contributed by atoms with Crippen LogP contribution < -0.4 is 5.32 Å². The number of hydrogen-bond donors (Lipinski definition) is 2. The summed E-state index contributed by atoms with van der Waals surface area (Å²) >= 11 is 1.58. The highest BCUT2D eigenvalue weighted by Crippen LogP contribution is 2.08. The third-order valence-corrected chi connectivity index (χ3v) is 3.02. The Balaban J connectivity index is 4.28. The molecule has 0 radical (unpaired) electrons. The second kappa shape index (κ2) is 7.54. The van der Waals surface area contributed by atoms with Gasteiger partial charge in [-0.15, -0.1) is 0 Å². The number of amides is 1. The molecule has 0 bridgehead atoms. The van der Waals surface area contributed by atoms with Crippen LogP contribution in [-0.4, -0.2) is 35.0 Å². The Morgan fingerprint density at radius 1 is 1.31 bits per heavy atom. The molecule has 94 valence electrons. The first-order chi connectivity index (χ1) is 7.38. The van der Waals surface area contributed by atoms with Crippen LogP contribution in [0.25, 0.3) is 0 Å². The van der Waals surface area contributed by atoms with Crippen molar-refractivity contribution >= 4 is 23.6 Å². The van der Waals surface area contributed by atoms with Gasteiger partial charge in [-0.3, -0.25) is 4.79 Å². The molecule has 2 N–H and O–H groups in total.